The molecule has 0 unspecified atom stereocenters. The molecule has 1 amide bonds. The highest BCUT2D eigenvalue weighted by molar-refractivity contribution is 9.10. The average molecular weight is 295 g/mol. The third kappa shape index (κ3) is 2.47. The summed E-state index contributed by atoms with van der Waals surface area (Å²) in [7, 11) is 0. The fourth-order valence-corrected chi connectivity index (χ4v) is 1.72. The summed E-state index contributed by atoms with van der Waals surface area (Å²) in [6.07, 6.45) is 1.40. The quantitative estimate of drug-likeness (QED) is 0.795. The maximum absolute atomic E-state index is 11.8. The summed E-state index contributed by atoms with van der Waals surface area (Å²) in [6.45, 7) is 1.97. The smallest absolute Gasteiger partial charge is 0.275 e. The molecule has 0 bridgehead atoms. The van der Waals surface area contributed by atoms with Crippen molar-refractivity contribution < 1.29 is 4.79 Å². The molecule has 17 heavy (non-hydrogen) atoms. The van der Waals surface area contributed by atoms with Crippen LogP contribution in [0.3, 0.4) is 0 Å². The van der Waals surface area contributed by atoms with Crippen molar-refractivity contribution in [2.45, 2.75) is 6.92 Å². The number of halogens is 1. The molecular formula is C11H11BrN4O. The van der Waals surface area contributed by atoms with Gasteiger partial charge in [-0.2, -0.15) is 5.10 Å². The van der Waals surface area contributed by atoms with Crippen molar-refractivity contribution in [3.8, 4) is 0 Å². The molecule has 1 aromatic heterocycles. The molecule has 0 saturated carbocycles. The van der Waals surface area contributed by atoms with E-state index in [1.165, 1.54) is 6.20 Å². The van der Waals surface area contributed by atoms with Gasteiger partial charge in [-0.1, -0.05) is 22.0 Å². The Morgan fingerprint density at radius 3 is 2.88 bits per heavy atom. The Balaban J connectivity index is 2.19. The maximum atomic E-state index is 11.8. The maximum Gasteiger partial charge on any atom is 0.275 e. The zero-order chi connectivity index (χ0) is 12.4. The molecule has 1 heterocycles. The SMILES string of the molecule is Cc1ccc(NC(=O)c2[nH]ncc2N)cc1Br. The number of hydrogen-bond donors (Lipinski definition) is 3. The molecule has 0 spiro atoms. The predicted molar refractivity (Wildman–Crippen MR) is 69.8 cm³/mol. The number of aromatic amines is 1. The topological polar surface area (TPSA) is 83.8 Å². The number of benzene rings is 1. The van der Waals surface area contributed by atoms with Crippen molar-refractivity contribution in [3.05, 3.63) is 40.1 Å². The first-order chi connectivity index (χ1) is 8.08. The van der Waals surface area contributed by atoms with Crippen molar-refractivity contribution in [3.63, 3.8) is 0 Å². The van der Waals surface area contributed by atoms with Crippen molar-refractivity contribution >= 4 is 33.2 Å². The molecule has 5 nitrogen and oxygen atoms in total. The molecule has 6 heteroatoms. The highest BCUT2D eigenvalue weighted by atomic mass is 79.9. The van der Waals surface area contributed by atoms with Gasteiger partial charge in [0.05, 0.1) is 11.9 Å². The number of nitrogens with two attached hydrogens (primary N) is 1. The summed E-state index contributed by atoms with van der Waals surface area (Å²) < 4.78 is 0.938. The van der Waals surface area contributed by atoms with E-state index in [9.17, 15) is 4.79 Å². The molecule has 0 aliphatic heterocycles. The summed E-state index contributed by atoms with van der Waals surface area (Å²) in [5.74, 6) is -0.309. The molecule has 0 atom stereocenters. The van der Waals surface area contributed by atoms with E-state index in [0.29, 0.717) is 11.4 Å². The van der Waals surface area contributed by atoms with Crippen LogP contribution in [0.1, 0.15) is 16.1 Å². The molecule has 0 saturated heterocycles. The Morgan fingerprint density at radius 2 is 2.29 bits per heavy atom. The van der Waals surface area contributed by atoms with E-state index < -0.39 is 0 Å². The zero-order valence-corrected chi connectivity index (χ0v) is 10.7. The molecule has 0 radical (unpaired) electrons. The van der Waals surface area contributed by atoms with Crippen molar-refractivity contribution in [1.29, 1.82) is 0 Å². The summed E-state index contributed by atoms with van der Waals surface area (Å²) >= 11 is 3.40. The van der Waals surface area contributed by atoms with Crippen LogP contribution in [-0.2, 0) is 0 Å². The summed E-state index contributed by atoms with van der Waals surface area (Å²) in [4.78, 5) is 11.8. The standard InChI is InChI=1S/C11H11BrN4O/c1-6-2-3-7(4-8(6)12)15-11(17)10-9(13)5-14-16-10/h2-5H,13H2,1H3,(H,14,16)(H,15,17). The van der Waals surface area contributed by atoms with Crippen molar-refractivity contribution in [2.24, 2.45) is 0 Å². The Labute approximate surface area is 107 Å². The Bertz CT molecular complexity index is 564. The monoisotopic (exact) mass is 294 g/mol. The van der Waals surface area contributed by atoms with Gasteiger partial charge in [0, 0.05) is 10.2 Å². The van der Waals surface area contributed by atoms with Gasteiger partial charge in [-0.15, -0.1) is 0 Å². The third-order valence-electron chi connectivity index (χ3n) is 2.33. The average Bonchev–Trinajstić information content (AvgIpc) is 2.70. The van der Waals surface area contributed by atoms with Gasteiger partial charge in [0.2, 0.25) is 0 Å². The number of carbonyl (C=O) groups excluding carboxylic acids is 1. The molecule has 0 aliphatic carbocycles. The minimum atomic E-state index is -0.309. The zero-order valence-electron chi connectivity index (χ0n) is 9.12. The van der Waals surface area contributed by atoms with Gasteiger partial charge >= 0.3 is 0 Å². The Hall–Kier alpha value is -1.82. The van der Waals surface area contributed by atoms with E-state index in [1.807, 2.05) is 25.1 Å². The van der Waals surface area contributed by atoms with Crippen LogP contribution < -0.4 is 11.1 Å². The molecule has 2 aromatic rings. The lowest BCUT2D eigenvalue weighted by molar-refractivity contribution is 0.102. The first-order valence-electron chi connectivity index (χ1n) is 4.94. The van der Waals surface area contributed by atoms with Gasteiger partial charge in [-0.25, -0.2) is 0 Å². The van der Waals surface area contributed by atoms with Crippen LogP contribution in [0.2, 0.25) is 0 Å². The number of H-pyrrole nitrogens is 1. The largest absolute Gasteiger partial charge is 0.396 e. The second kappa shape index (κ2) is 4.58. The highest BCUT2D eigenvalue weighted by Gasteiger charge is 2.11. The van der Waals surface area contributed by atoms with Crippen LogP contribution in [0.5, 0.6) is 0 Å². The molecule has 2 rings (SSSR count). The lowest BCUT2D eigenvalue weighted by atomic mass is 10.2. The number of nitrogens with one attached hydrogen (secondary N) is 2. The number of nitrogen functional groups attached to an aromatic ring is 1. The number of rotatable bonds is 2. The lowest BCUT2D eigenvalue weighted by Crippen LogP contribution is -2.14. The highest BCUT2D eigenvalue weighted by Crippen LogP contribution is 2.21. The van der Waals surface area contributed by atoms with Crippen LogP contribution in [0.4, 0.5) is 11.4 Å². The molecular weight excluding hydrogens is 284 g/mol. The first-order valence-corrected chi connectivity index (χ1v) is 5.73. The number of amides is 1. The number of aromatic nitrogens is 2. The summed E-state index contributed by atoms with van der Waals surface area (Å²) in [5, 5.41) is 8.98. The molecule has 1 aromatic carbocycles. The lowest BCUT2D eigenvalue weighted by Gasteiger charge is -2.06. The molecule has 4 N–H and O–H groups in total. The number of nitrogens with zero attached hydrogens (tertiary/aromatic N) is 1. The van der Waals surface area contributed by atoms with Gasteiger partial charge in [0.15, 0.2) is 0 Å². The van der Waals surface area contributed by atoms with Crippen LogP contribution >= 0.6 is 15.9 Å². The first kappa shape index (κ1) is 11.7. The third-order valence-corrected chi connectivity index (χ3v) is 3.18. The number of aryl methyl sites for hydroxylation is 1. The van der Waals surface area contributed by atoms with E-state index in [-0.39, 0.29) is 11.6 Å². The normalized spacial score (nSPS) is 10.2. The molecule has 0 aliphatic rings. The van der Waals surface area contributed by atoms with Crippen molar-refractivity contribution in [2.75, 3.05) is 11.1 Å². The van der Waals surface area contributed by atoms with E-state index >= 15 is 0 Å². The predicted octanol–water partition coefficient (Wildman–Crippen LogP) is 2.32. The van der Waals surface area contributed by atoms with E-state index in [4.69, 9.17) is 5.73 Å². The van der Waals surface area contributed by atoms with E-state index in [0.717, 1.165) is 10.0 Å². The van der Waals surface area contributed by atoms with Crippen LogP contribution in [0.15, 0.2) is 28.9 Å². The van der Waals surface area contributed by atoms with E-state index in [2.05, 4.69) is 31.4 Å². The van der Waals surface area contributed by atoms with Gasteiger partial charge in [-0.05, 0) is 24.6 Å². The van der Waals surface area contributed by atoms with Gasteiger partial charge in [0.25, 0.3) is 5.91 Å². The second-order valence-electron chi connectivity index (χ2n) is 3.62. The number of hydrogen-bond acceptors (Lipinski definition) is 3. The summed E-state index contributed by atoms with van der Waals surface area (Å²) in [5.41, 5.74) is 7.98. The van der Waals surface area contributed by atoms with E-state index in [1.54, 1.807) is 0 Å². The minimum absolute atomic E-state index is 0.265. The fraction of sp³-hybridized carbons (Fsp3) is 0.0909. The van der Waals surface area contributed by atoms with Crippen LogP contribution in [0.25, 0.3) is 0 Å². The van der Waals surface area contributed by atoms with Gasteiger partial charge < -0.3 is 11.1 Å². The Kier molecular flexibility index (Phi) is 3.14. The summed E-state index contributed by atoms with van der Waals surface area (Å²) in [6, 6.07) is 5.57. The minimum Gasteiger partial charge on any atom is -0.396 e. The van der Waals surface area contributed by atoms with Crippen LogP contribution in [0, 0.1) is 6.92 Å². The van der Waals surface area contributed by atoms with Crippen molar-refractivity contribution in [1.82, 2.24) is 10.2 Å². The number of anilines is 2. The fourth-order valence-electron chi connectivity index (χ4n) is 1.34. The Morgan fingerprint density at radius 1 is 1.53 bits per heavy atom. The van der Waals surface area contributed by atoms with Gasteiger partial charge in [-0.3, -0.25) is 9.89 Å². The number of carbonyl (C=O) groups is 1. The molecule has 88 valence electrons. The second-order valence-corrected chi connectivity index (χ2v) is 4.47. The van der Waals surface area contributed by atoms with Crippen LogP contribution in [-0.4, -0.2) is 16.1 Å². The van der Waals surface area contributed by atoms with Gasteiger partial charge in [0.1, 0.15) is 5.69 Å². The molecule has 0 fully saturated rings.